The first-order valence-electron chi connectivity index (χ1n) is 8.58. The second-order valence-corrected chi connectivity index (χ2v) is 9.63. The highest BCUT2D eigenvalue weighted by atomic mass is 79.9. The van der Waals surface area contributed by atoms with Crippen LogP contribution in [0, 0.1) is 0 Å². The highest BCUT2D eigenvalue weighted by molar-refractivity contribution is 9.10. The largest absolute Gasteiger partial charge is 0.484 e. The number of carbonyl (C=O) groups excluding carboxylic acids is 1. The normalized spacial score (nSPS) is 12.0. The standard InChI is InChI=1S/C19H19BrCl3N3O2S/c1-2-12-3-9-15(10-4-12)28-11-16(27)25-17(19(21,22)23)26-18(29)24-14-7-5-13(20)6-8-14/h3-10,17H,2,11H2,1H3,(H,25,27)(H2,24,26,29)/t17-/m0/s1. The molecule has 0 aliphatic rings. The molecule has 0 aromatic heterocycles. The lowest BCUT2D eigenvalue weighted by molar-refractivity contribution is -0.123. The summed E-state index contributed by atoms with van der Waals surface area (Å²) >= 11 is 26.5. The summed E-state index contributed by atoms with van der Waals surface area (Å²) < 4.78 is 4.56. The minimum atomic E-state index is -1.84. The summed E-state index contributed by atoms with van der Waals surface area (Å²) in [5.74, 6) is 0.100. The number of hydrogen-bond donors (Lipinski definition) is 3. The van der Waals surface area contributed by atoms with Gasteiger partial charge in [-0.25, -0.2) is 0 Å². The highest BCUT2D eigenvalue weighted by Crippen LogP contribution is 2.29. The number of carbonyl (C=O) groups is 1. The fourth-order valence-corrected chi connectivity index (χ4v) is 3.03. The predicted octanol–water partition coefficient (Wildman–Crippen LogP) is 5.19. The number of anilines is 1. The quantitative estimate of drug-likeness (QED) is 0.257. The number of alkyl halides is 3. The van der Waals surface area contributed by atoms with Crippen molar-refractivity contribution in [2.45, 2.75) is 23.3 Å². The van der Waals surface area contributed by atoms with Crippen LogP contribution in [0.5, 0.6) is 5.75 Å². The molecule has 5 nitrogen and oxygen atoms in total. The summed E-state index contributed by atoms with van der Waals surface area (Å²) in [5.41, 5.74) is 1.91. The van der Waals surface area contributed by atoms with Crippen LogP contribution in [0.15, 0.2) is 53.0 Å². The average Bonchev–Trinajstić information content (AvgIpc) is 2.67. The lowest BCUT2D eigenvalue weighted by Crippen LogP contribution is -2.56. The molecule has 1 atom stereocenters. The molecule has 0 bridgehead atoms. The molecule has 0 saturated heterocycles. The van der Waals surface area contributed by atoms with Gasteiger partial charge in [0.05, 0.1) is 0 Å². The molecular weight excluding hydrogens is 521 g/mol. The zero-order valence-electron chi connectivity index (χ0n) is 15.3. The molecule has 0 unspecified atom stereocenters. The Kier molecular flexibility index (Phi) is 9.30. The summed E-state index contributed by atoms with van der Waals surface area (Å²) in [6, 6.07) is 14.8. The molecule has 2 aromatic carbocycles. The molecule has 29 heavy (non-hydrogen) atoms. The maximum Gasteiger partial charge on any atom is 0.259 e. The lowest BCUT2D eigenvalue weighted by atomic mass is 10.2. The molecule has 0 radical (unpaired) electrons. The minimum Gasteiger partial charge on any atom is -0.484 e. The maximum absolute atomic E-state index is 12.3. The molecule has 0 aliphatic heterocycles. The second kappa shape index (κ2) is 11.2. The Hall–Kier alpha value is -1.25. The molecule has 10 heteroatoms. The molecule has 0 aliphatic carbocycles. The number of halogens is 4. The van der Waals surface area contributed by atoms with Crippen LogP contribution in [0.4, 0.5) is 5.69 Å². The number of amides is 1. The van der Waals surface area contributed by atoms with E-state index in [0.29, 0.717) is 5.75 Å². The van der Waals surface area contributed by atoms with E-state index in [2.05, 4.69) is 38.8 Å². The van der Waals surface area contributed by atoms with Gasteiger partial charge in [0, 0.05) is 10.2 Å². The molecule has 2 rings (SSSR count). The van der Waals surface area contributed by atoms with Crippen molar-refractivity contribution >= 4 is 79.7 Å². The van der Waals surface area contributed by atoms with Gasteiger partial charge in [-0.15, -0.1) is 0 Å². The lowest BCUT2D eigenvalue weighted by Gasteiger charge is -2.27. The summed E-state index contributed by atoms with van der Waals surface area (Å²) in [7, 11) is 0. The second-order valence-electron chi connectivity index (χ2n) is 5.93. The van der Waals surface area contributed by atoms with Gasteiger partial charge in [0.25, 0.3) is 5.91 Å². The number of benzene rings is 2. The average molecular weight is 540 g/mol. The fourth-order valence-electron chi connectivity index (χ4n) is 2.20. The number of nitrogens with one attached hydrogen (secondary N) is 3. The van der Waals surface area contributed by atoms with E-state index in [1.54, 1.807) is 12.1 Å². The zero-order chi connectivity index (χ0) is 21.4. The van der Waals surface area contributed by atoms with Gasteiger partial charge in [0.15, 0.2) is 11.7 Å². The zero-order valence-corrected chi connectivity index (χ0v) is 20.0. The van der Waals surface area contributed by atoms with Gasteiger partial charge in [0.1, 0.15) is 11.9 Å². The van der Waals surface area contributed by atoms with Gasteiger partial charge in [-0.1, -0.05) is 69.8 Å². The van der Waals surface area contributed by atoms with Crippen LogP contribution < -0.4 is 20.7 Å². The van der Waals surface area contributed by atoms with E-state index in [0.717, 1.165) is 16.6 Å². The molecule has 0 fully saturated rings. The third-order valence-corrected chi connectivity index (χ3v) is 5.11. The van der Waals surface area contributed by atoms with E-state index >= 15 is 0 Å². The van der Waals surface area contributed by atoms with Crippen LogP contribution in [0.3, 0.4) is 0 Å². The molecule has 2 aromatic rings. The van der Waals surface area contributed by atoms with Crippen molar-refractivity contribution < 1.29 is 9.53 Å². The minimum absolute atomic E-state index is 0.181. The van der Waals surface area contributed by atoms with Crippen molar-refractivity contribution in [3.8, 4) is 5.75 Å². The van der Waals surface area contributed by atoms with Crippen molar-refractivity contribution in [1.82, 2.24) is 10.6 Å². The molecule has 1 amide bonds. The summed E-state index contributed by atoms with van der Waals surface area (Å²) in [4.78, 5) is 12.3. The van der Waals surface area contributed by atoms with Gasteiger partial charge in [-0.05, 0) is 60.6 Å². The Bertz CT molecular complexity index is 830. The summed E-state index contributed by atoms with van der Waals surface area (Å²) in [6.07, 6.45) is -0.146. The summed E-state index contributed by atoms with van der Waals surface area (Å²) in [5, 5.41) is 8.49. The van der Waals surface area contributed by atoms with Crippen LogP contribution in [-0.4, -0.2) is 27.6 Å². The molecule has 3 N–H and O–H groups in total. The third-order valence-electron chi connectivity index (χ3n) is 3.71. The monoisotopic (exact) mass is 537 g/mol. The van der Waals surface area contributed by atoms with Crippen molar-refractivity contribution in [3.63, 3.8) is 0 Å². The van der Waals surface area contributed by atoms with Crippen molar-refractivity contribution in [3.05, 3.63) is 58.6 Å². The summed E-state index contributed by atoms with van der Waals surface area (Å²) in [6.45, 7) is 1.82. The van der Waals surface area contributed by atoms with Crippen LogP contribution in [-0.2, 0) is 11.2 Å². The molecule has 0 saturated carbocycles. The number of thiocarbonyl (C=S) groups is 1. The molecule has 0 spiro atoms. The molecular formula is C19H19BrCl3N3O2S. The van der Waals surface area contributed by atoms with Crippen molar-refractivity contribution in [1.29, 1.82) is 0 Å². The molecule has 0 heterocycles. The first kappa shape index (κ1) is 24.0. The Labute approximate surface area is 198 Å². The number of hydrogen-bond acceptors (Lipinski definition) is 3. The SMILES string of the molecule is CCc1ccc(OCC(=O)N[C@@H](NC(=S)Nc2ccc(Br)cc2)C(Cl)(Cl)Cl)cc1. The molecule has 156 valence electrons. The van der Waals surface area contributed by atoms with Crippen LogP contribution in [0.25, 0.3) is 0 Å². The Morgan fingerprint density at radius 3 is 2.28 bits per heavy atom. The topological polar surface area (TPSA) is 62.4 Å². The van der Waals surface area contributed by atoms with Crippen molar-refractivity contribution in [2.75, 3.05) is 11.9 Å². The van der Waals surface area contributed by atoms with Gasteiger partial charge in [-0.3, -0.25) is 4.79 Å². The first-order valence-corrected chi connectivity index (χ1v) is 10.9. The van der Waals surface area contributed by atoms with Gasteiger partial charge in [-0.2, -0.15) is 0 Å². The number of rotatable bonds is 7. The van der Waals surface area contributed by atoms with Gasteiger partial charge >= 0.3 is 0 Å². The van der Waals surface area contributed by atoms with Crippen LogP contribution >= 0.6 is 63.0 Å². The van der Waals surface area contributed by atoms with E-state index in [9.17, 15) is 4.79 Å². The van der Waals surface area contributed by atoms with E-state index in [4.69, 9.17) is 51.8 Å². The first-order chi connectivity index (χ1) is 13.7. The van der Waals surface area contributed by atoms with Crippen LogP contribution in [0.2, 0.25) is 0 Å². The Balaban J connectivity index is 1.90. The predicted molar refractivity (Wildman–Crippen MR) is 127 cm³/mol. The van der Waals surface area contributed by atoms with E-state index in [1.165, 1.54) is 5.56 Å². The third kappa shape index (κ3) is 8.56. The Morgan fingerprint density at radius 2 is 1.72 bits per heavy atom. The van der Waals surface area contributed by atoms with Gasteiger partial charge in [0.2, 0.25) is 3.79 Å². The number of ether oxygens (including phenoxy) is 1. The highest BCUT2D eigenvalue weighted by Gasteiger charge is 2.34. The maximum atomic E-state index is 12.3. The Morgan fingerprint density at radius 1 is 1.10 bits per heavy atom. The van der Waals surface area contributed by atoms with E-state index in [-0.39, 0.29) is 11.7 Å². The number of aryl methyl sites for hydroxylation is 1. The van der Waals surface area contributed by atoms with E-state index in [1.807, 2.05) is 36.4 Å². The van der Waals surface area contributed by atoms with Crippen molar-refractivity contribution in [2.24, 2.45) is 0 Å². The smallest absolute Gasteiger partial charge is 0.259 e. The fraction of sp³-hybridized carbons (Fsp3) is 0.263. The van der Waals surface area contributed by atoms with Crippen LogP contribution in [0.1, 0.15) is 12.5 Å². The van der Waals surface area contributed by atoms with E-state index < -0.39 is 15.9 Å². The van der Waals surface area contributed by atoms with Gasteiger partial charge < -0.3 is 20.7 Å².